The first-order valence-corrected chi connectivity index (χ1v) is 11.3. The lowest BCUT2D eigenvalue weighted by atomic mass is 10.1. The SMILES string of the molecule is CCCOc1ccc(OCC(=O)NCc2ccccc2S(=O)(=O)NC(C)(C)C)cc1. The summed E-state index contributed by atoms with van der Waals surface area (Å²) in [6.45, 7) is 7.89. The van der Waals surface area contributed by atoms with Crippen molar-refractivity contribution in [3.05, 3.63) is 54.1 Å². The number of carbonyl (C=O) groups is 1. The van der Waals surface area contributed by atoms with Crippen molar-refractivity contribution < 1.29 is 22.7 Å². The minimum Gasteiger partial charge on any atom is -0.494 e. The van der Waals surface area contributed by atoms with Gasteiger partial charge >= 0.3 is 0 Å². The Balaban J connectivity index is 1.92. The number of nitrogens with one attached hydrogen (secondary N) is 2. The number of rotatable bonds is 10. The van der Waals surface area contributed by atoms with Gasteiger partial charge in [-0.15, -0.1) is 0 Å². The predicted octanol–water partition coefficient (Wildman–Crippen LogP) is 3.25. The first-order chi connectivity index (χ1) is 14.1. The molecular weight excluding hydrogens is 404 g/mol. The molecule has 8 heteroatoms. The highest BCUT2D eigenvalue weighted by atomic mass is 32.2. The van der Waals surface area contributed by atoms with Crippen LogP contribution in [-0.4, -0.2) is 33.1 Å². The fraction of sp³-hybridized carbons (Fsp3) is 0.409. The van der Waals surface area contributed by atoms with E-state index >= 15 is 0 Å². The van der Waals surface area contributed by atoms with Crippen molar-refractivity contribution in [1.29, 1.82) is 0 Å². The molecule has 0 aliphatic heterocycles. The second-order valence-corrected chi connectivity index (χ2v) is 9.50. The fourth-order valence-corrected chi connectivity index (χ4v) is 4.28. The summed E-state index contributed by atoms with van der Waals surface area (Å²) < 4.78 is 38.9. The second-order valence-electron chi connectivity index (χ2n) is 7.85. The number of hydrogen-bond acceptors (Lipinski definition) is 5. The van der Waals surface area contributed by atoms with Crippen molar-refractivity contribution >= 4 is 15.9 Å². The molecule has 2 N–H and O–H groups in total. The highest BCUT2D eigenvalue weighted by Crippen LogP contribution is 2.19. The van der Waals surface area contributed by atoms with Gasteiger partial charge < -0.3 is 14.8 Å². The quantitative estimate of drug-likeness (QED) is 0.599. The fourth-order valence-electron chi connectivity index (χ4n) is 2.62. The van der Waals surface area contributed by atoms with E-state index in [0.717, 1.165) is 12.2 Å². The van der Waals surface area contributed by atoms with Crippen LogP contribution in [0.2, 0.25) is 0 Å². The molecule has 0 spiro atoms. The maximum Gasteiger partial charge on any atom is 0.258 e. The van der Waals surface area contributed by atoms with Gasteiger partial charge in [0.15, 0.2) is 6.61 Å². The third-order valence-electron chi connectivity index (χ3n) is 3.85. The van der Waals surface area contributed by atoms with E-state index in [1.54, 1.807) is 63.2 Å². The van der Waals surface area contributed by atoms with Gasteiger partial charge in [-0.1, -0.05) is 25.1 Å². The molecule has 1 amide bonds. The summed E-state index contributed by atoms with van der Waals surface area (Å²) in [7, 11) is -3.71. The van der Waals surface area contributed by atoms with Crippen LogP contribution in [-0.2, 0) is 21.4 Å². The Hall–Kier alpha value is -2.58. The summed E-state index contributed by atoms with van der Waals surface area (Å²) in [5.41, 5.74) is -0.111. The smallest absolute Gasteiger partial charge is 0.258 e. The third-order valence-corrected chi connectivity index (χ3v) is 5.70. The number of amides is 1. The van der Waals surface area contributed by atoms with Crippen LogP contribution in [0.15, 0.2) is 53.4 Å². The zero-order chi connectivity index (χ0) is 22.2. The molecular formula is C22H30N2O5S. The Labute approximate surface area is 178 Å². The Bertz CT molecular complexity index is 935. The lowest BCUT2D eigenvalue weighted by Gasteiger charge is -2.21. The Kier molecular flexibility index (Phi) is 8.25. The number of sulfonamides is 1. The molecule has 0 atom stereocenters. The maximum absolute atomic E-state index is 12.7. The standard InChI is InChI=1S/C22H30N2O5S/c1-5-14-28-18-10-12-19(13-11-18)29-16-21(25)23-15-17-8-6-7-9-20(17)30(26,27)24-22(2,3)4/h6-13,24H,5,14-16H2,1-4H3,(H,23,25). The molecule has 0 saturated carbocycles. The van der Waals surface area contributed by atoms with Gasteiger partial charge in [0.25, 0.3) is 5.91 Å². The molecule has 0 aromatic heterocycles. The zero-order valence-corrected chi connectivity index (χ0v) is 18.7. The number of carbonyl (C=O) groups excluding carboxylic acids is 1. The van der Waals surface area contributed by atoms with E-state index in [2.05, 4.69) is 10.0 Å². The van der Waals surface area contributed by atoms with Crippen molar-refractivity contribution in [2.45, 2.75) is 51.1 Å². The van der Waals surface area contributed by atoms with Crippen LogP contribution in [0.1, 0.15) is 39.7 Å². The lowest BCUT2D eigenvalue weighted by Crippen LogP contribution is -2.41. The summed E-state index contributed by atoms with van der Waals surface area (Å²) in [6.07, 6.45) is 0.926. The van der Waals surface area contributed by atoms with Gasteiger partial charge in [0.05, 0.1) is 11.5 Å². The summed E-state index contributed by atoms with van der Waals surface area (Å²) >= 11 is 0. The van der Waals surface area contributed by atoms with E-state index < -0.39 is 15.6 Å². The van der Waals surface area contributed by atoms with E-state index in [9.17, 15) is 13.2 Å². The molecule has 0 saturated heterocycles. The van der Waals surface area contributed by atoms with Crippen molar-refractivity contribution in [3.63, 3.8) is 0 Å². The van der Waals surface area contributed by atoms with Crippen molar-refractivity contribution in [2.75, 3.05) is 13.2 Å². The first-order valence-electron chi connectivity index (χ1n) is 9.85. The largest absolute Gasteiger partial charge is 0.494 e. The van der Waals surface area contributed by atoms with E-state index in [-0.39, 0.29) is 24.0 Å². The van der Waals surface area contributed by atoms with Gasteiger partial charge in [0.2, 0.25) is 10.0 Å². The van der Waals surface area contributed by atoms with E-state index in [1.165, 1.54) is 6.07 Å². The second kappa shape index (κ2) is 10.4. The van der Waals surface area contributed by atoms with E-state index in [0.29, 0.717) is 17.9 Å². The molecule has 7 nitrogen and oxygen atoms in total. The van der Waals surface area contributed by atoms with Gasteiger partial charge in [-0.3, -0.25) is 4.79 Å². The van der Waals surface area contributed by atoms with Crippen LogP contribution in [0.4, 0.5) is 0 Å². The molecule has 30 heavy (non-hydrogen) atoms. The molecule has 0 bridgehead atoms. The Morgan fingerprint density at radius 1 is 0.967 bits per heavy atom. The number of ether oxygens (including phenoxy) is 2. The summed E-state index contributed by atoms with van der Waals surface area (Å²) in [5.74, 6) is 0.943. The number of hydrogen-bond donors (Lipinski definition) is 2. The van der Waals surface area contributed by atoms with Crippen LogP contribution >= 0.6 is 0 Å². The lowest BCUT2D eigenvalue weighted by molar-refractivity contribution is -0.123. The van der Waals surface area contributed by atoms with Crippen molar-refractivity contribution in [2.24, 2.45) is 0 Å². The van der Waals surface area contributed by atoms with Crippen LogP contribution in [0.3, 0.4) is 0 Å². The zero-order valence-electron chi connectivity index (χ0n) is 17.9. The van der Waals surface area contributed by atoms with Gasteiger partial charge in [-0.25, -0.2) is 13.1 Å². The van der Waals surface area contributed by atoms with Gasteiger partial charge in [-0.05, 0) is 63.1 Å². The van der Waals surface area contributed by atoms with Crippen LogP contribution in [0.25, 0.3) is 0 Å². The molecule has 0 heterocycles. The monoisotopic (exact) mass is 434 g/mol. The molecule has 0 fully saturated rings. The van der Waals surface area contributed by atoms with Gasteiger partial charge in [0.1, 0.15) is 11.5 Å². The minimum atomic E-state index is -3.71. The summed E-state index contributed by atoms with van der Waals surface area (Å²) in [6, 6.07) is 13.6. The van der Waals surface area contributed by atoms with E-state index in [4.69, 9.17) is 9.47 Å². The molecule has 0 aliphatic rings. The van der Waals surface area contributed by atoms with E-state index in [1.807, 2.05) is 6.92 Å². The van der Waals surface area contributed by atoms with Gasteiger partial charge in [-0.2, -0.15) is 0 Å². The van der Waals surface area contributed by atoms with Crippen LogP contribution < -0.4 is 19.5 Å². The van der Waals surface area contributed by atoms with Crippen molar-refractivity contribution in [1.82, 2.24) is 10.0 Å². The first kappa shape index (κ1) is 23.7. The Morgan fingerprint density at radius 3 is 2.17 bits per heavy atom. The van der Waals surface area contributed by atoms with Crippen LogP contribution in [0.5, 0.6) is 11.5 Å². The highest BCUT2D eigenvalue weighted by Gasteiger charge is 2.24. The average Bonchev–Trinajstić information content (AvgIpc) is 2.68. The summed E-state index contributed by atoms with van der Waals surface area (Å²) in [4.78, 5) is 12.3. The molecule has 0 aliphatic carbocycles. The molecule has 2 aromatic rings. The highest BCUT2D eigenvalue weighted by molar-refractivity contribution is 7.89. The molecule has 2 aromatic carbocycles. The molecule has 2 rings (SSSR count). The maximum atomic E-state index is 12.7. The normalized spacial score (nSPS) is 11.7. The predicted molar refractivity (Wildman–Crippen MR) is 116 cm³/mol. The Morgan fingerprint density at radius 2 is 1.57 bits per heavy atom. The minimum absolute atomic E-state index is 0.0766. The van der Waals surface area contributed by atoms with Crippen molar-refractivity contribution in [3.8, 4) is 11.5 Å². The molecule has 0 unspecified atom stereocenters. The number of benzene rings is 2. The molecule has 0 radical (unpaired) electrons. The van der Waals surface area contributed by atoms with Gasteiger partial charge in [0, 0.05) is 12.1 Å². The third kappa shape index (κ3) is 7.68. The summed E-state index contributed by atoms with van der Waals surface area (Å²) in [5, 5.41) is 2.70. The average molecular weight is 435 g/mol. The topological polar surface area (TPSA) is 93.7 Å². The van der Waals surface area contributed by atoms with Crippen LogP contribution in [0, 0.1) is 0 Å². The molecule has 164 valence electrons.